The number of carbonyl (C=O) groups excluding carboxylic acids is 1. The maximum absolute atomic E-state index is 13.6. The van der Waals surface area contributed by atoms with Crippen LogP contribution in [0.2, 0.25) is 0 Å². The number of carbonyl (C=O) groups is 1. The third-order valence-corrected chi connectivity index (χ3v) is 5.44. The molecule has 0 unspecified atom stereocenters. The molecular weight excluding hydrogens is 393 g/mol. The fourth-order valence-electron chi connectivity index (χ4n) is 3.25. The number of aromatic nitrogens is 3. The molecule has 0 spiro atoms. The lowest BCUT2D eigenvalue weighted by atomic mass is 10.2. The Morgan fingerprint density at radius 2 is 2.00 bits per heavy atom. The molecule has 1 aromatic carbocycles. The third-order valence-electron chi connectivity index (χ3n) is 4.62. The van der Waals surface area contributed by atoms with Crippen LogP contribution in [0.1, 0.15) is 27.5 Å². The number of ketones is 1. The van der Waals surface area contributed by atoms with Crippen LogP contribution in [-0.2, 0) is 0 Å². The van der Waals surface area contributed by atoms with Gasteiger partial charge in [0.1, 0.15) is 11.6 Å². The van der Waals surface area contributed by atoms with Crippen LogP contribution >= 0.6 is 11.8 Å². The van der Waals surface area contributed by atoms with Gasteiger partial charge < -0.3 is 13.4 Å². The molecule has 8 heteroatoms. The zero-order valence-corrected chi connectivity index (χ0v) is 16.9. The third kappa shape index (κ3) is 3.75. The highest BCUT2D eigenvalue weighted by atomic mass is 32.2. The number of hydrogen-bond donors (Lipinski definition) is 0. The molecule has 0 fully saturated rings. The molecule has 0 N–H and O–H groups in total. The van der Waals surface area contributed by atoms with E-state index in [0.29, 0.717) is 28.1 Å². The van der Waals surface area contributed by atoms with Crippen LogP contribution in [0.4, 0.5) is 4.39 Å². The van der Waals surface area contributed by atoms with Gasteiger partial charge in [0, 0.05) is 22.6 Å². The maximum Gasteiger partial charge on any atom is 0.277 e. The fraction of sp³-hybridized carbons (Fsp3) is 0.190. The average molecular weight is 411 g/mol. The molecular formula is C21H18FN3O3S. The molecule has 0 radical (unpaired) electrons. The molecule has 0 aliphatic heterocycles. The Morgan fingerprint density at radius 3 is 2.72 bits per heavy atom. The van der Waals surface area contributed by atoms with Crippen molar-refractivity contribution in [3.05, 3.63) is 71.2 Å². The number of furan rings is 1. The van der Waals surface area contributed by atoms with Crippen molar-refractivity contribution < 1.29 is 18.0 Å². The van der Waals surface area contributed by atoms with E-state index in [-0.39, 0.29) is 17.4 Å². The summed E-state index contributed by atoms with van der Waals surface area (Å²) in [6, 6.07) is 9.87. The number of halogens is 1. The largest absolute Gasteiger partial charge is 0.469 e. The Balaban J connectivity index is 1.51. The number of hydrogen-bond acceptors (Lipinski definition) is 6. The summed E-state index contributed by atoms with van der Waals surface area (Å²) >= 11 is 1.18. The van der Waals surface area contributed by atoms with Crippen LogP contribution in [-0.4, -0.2) is 26.3 Å². The molecule has 3 aromatic heterocycles. The topological polar surface area (TPSA) is 74.1 Å². The SMILES string of the molecule is Cc1occc1-c1nnc(SCC(=O)c2cc(C)n(-c3cccc(F)c3)c2C)o1. The minimum atomic E-state index is -0.321. The minimum Gasteiger partial charge on any atom is -0.469 e. The molecule has 4 aromatic rings. The van der Waals surface area contributed by atoms with Crippen LogP contribution in [0.3, 0.4) is 0 Å². The second kappa shape index (κ2) is 7.71. The molecule has 0 amide bonds. The standard InChI is InChI=1S/C21H18FN3O3S/c1-12-9-18(13(2)25(12)16-6-4-5-15(22)10-16)19(26)11-29-21-24-23-20(28-21)17-7-8-27-14(17)3/h4-10H,11H2,1-3H3. The number of Topliss-reactive ketones (excluding diaryl/α,β-unsaturated/α-hetero) is 1. The van der Waals surface area contributed by atoms with Gasteiger partial charge in [0.2, 0.25) is 0 Å². The normalized spacial score (nSPS) is 11.2. The van der Waals surface area contributed by atoms with E-state index in [4.69, 9.17) is 8.83 Å². The first-order valence-corrected chi connectivity index (χ1v) is 9.91. The molecule has 0 bridgehead atoms. The average Bonchev–Trinajstić information content (AvgIpc) is 3.39. The molecule has 0 atom stereocenters. The van der Waals surface area contributed by atoms with Crippen molar-refractivity contribution in [1.82, 2.24) is 14.8 Å². The van der Waals surface area contributed by atoms with Gasteiger partial charge in [-0.05, 0) is 51.1 Å². The first kappa shape index (κ1) is 19.2. The number of aryl methyl sites for hydroxylation is 2. The molecule has 0 saturated heterocycles. The highest BCUT2D eigenvalue weighted by Crippen LogP contribution is 2.28. The summed E-state index contributed by atoms with van der Waals surface area (Å²) in [7, 11) is 0. The van der Waals surface area contributed by atoms with Gasteiger partial charge in [0.25, 0.3) is 11.1 Å². The lowest BCUT2D eigenvalue weighted by Crippen LogP contribution is -2.05. The zero-order chi connectivity index (χ0) is 20.5. The van der Waals surface area contributed by atoms with Crippen LogP contribution in [0, 0.1) is 26.6 Å². The fourth-order valence-corrected chi connectivity index (χ4v) is 3.89. The van der Waals surface area contributed by atoms with Crippen molar-refractivity contribution in [2.75, 3.05) is 5.75 Å². The zero-order valence-electron chi connectivity index (χ0n) is 16.1. The smallest absolute Gasteiger partial charge is 0.277 e. The molecule has 6 nitrogen and oxygen atoms in total. The first-order valence-electron chi connectivity index (χ1n) is 8.93. The van der Waals surface area contributed by atoms with Gasteiger partial charge in [0.05, 0.1) is 17.6 Å². The van der Waals surface area contributed by atoms with E-state index in [1.54, 1.807) is 18.4 Å². The van der Waals surface area contributed by atoms with E-state index in [1.165, 1.54) is 23.9 Å². The van der Waals surface area contributed by atoms with Crippen molar-refractivity contribution in [3.63, 3.8) is 0 Å². The second-order valence-corrected chi connectivity index (χ2v) is 7.50. The van der Waals surface area contributed by atoms with E-state index < -0.39 is 0 Å². The lowest BCUT2D eigenvalue weighted by molar-refractivity contribution is 0.102. The first-order chi connectivity index (χ1) is 13.9. The molecule has 3 heterocycles. The van der Waals surface area contributed by atoms with Gasteiger partial charge in [-0.1, -0.05) is 17.8 Å². The monoisotopic (exact) mass is 411 g/mol. The quantitative estimate of drug-likeness (QED) is 0.322. The summed E-state index contributed by atoms with van der Waals surface area (Å²) in [6.07, 6.45) is 1.56. The molecule has 0 aliphatic carbocycles. The predicted octanol–water partition coefficient (Wildman–Crippen LogP) is 5.16. The van der Waals surface area contributed by atoms with Gasteiger partial charge in [-0.2, -0.15) is 0 Å². The minimum absolute atomic E-state index is 0.0648. The molecule has 0 aliphatic rings. The van der Waals surface area contributed by atoms with Crippen molar-refractivity contribution in [3.8, 4) is 17.1 Å². The summed E-state index contributed by atoms with van der Waals surface area (Å²) in [5.41, 5.74) is 3.62. The highest BCUT2D eigenvalue weighted by molar-refractivity contribution is 7.99. The second-order valence-electron chi connectivity index (χ2n) is 6.58. The number of nitrogens with zero attached hydrogens (tertiary/aromatic N) is 3. The van der Waals surface area contributed by atoms with Crippen molar-refractivity contribution >= 4 is 17.5 Å². The van der Waals surface area contributed by atoms with E-state index in [9.17, 15) is 9.18 Å². The van der Waals surface area contributed by atoms with Gasteiger partial charge in [-0.15, -0.1) is 10.2 Å². The van der Waals surface area contributed by atoms with Crippen LogP contribution in [0.5, 0.6) is 0 Å². The predicted molar refractivity (Wildman–Crippen MR) is 107 cm³/mol. The Bertz CT molecular complexity index is 1190. The van der Waals surface area contributed by atoms with Gasteiger partial charge in [-0.25, -0.2) is 4.39 Å². The summed E-state index contributed by atoms with van der Waals surface area (Å²) in [5, 5.41) is 8.31. The van der Waals surface area contributed by atoms with Crippen molar-refractivity contribution in [2.45, 2.75) is 26.0 Å². The molecule has 29 heavy (non-hydrogen) atoms. The summed E-state index contributed by atoms with van der Waals surface area (Å²) < 4.78 is 26.3. The molecule has 4 rings (SSSR count). The Morgan fingerprint density at radius 1 is 1.17 bits per heavy atom. The van der Waals surface area contributed by atoms with E-state index in [0.717, 1.165) is 17.0 Å². The Labute approximate surface area is 170 Å². The van der Waals surface area contributed by atoms with E-state index >= 15 is 0 Å². The van der Waals surface area contributed by atoms with E-state index in [2.05, 4.69) is 10.2 Å². The van der Waals surface area contributed by atoms with Crippen molar-refractivity contribution in [2.24, 2.45) is 0 Å². The van der Waals surface area contributed by atoms with Gasteiger partial charge in [0.15, 0.2) is 5.78 Å². The Kier molecular flexibility index (Phi) is 5.10. The molecule has 148 valence electrons. The maximum atomic E-state index is 13.6. The summed E-state index contributed by atoms with van der Waals surface area (Å²) in [6.45, 7) is 5.55. The van der Waals surface area contributed by atoms with Crippen LogP contribution in [0.25, 0.3) is 17.1 Å². The van der Waals surface area contributed by atoms with Gasteiger partial charge in [-0.3, -0.25) is 4.79 Å². The van der Waals surface area contributed by atoms with Gasteiger partial charge >= 0.3 is 0 Å². The Hall–Kier alpha value is -3.13. The van der Waals surface area contributed by atoms with Crippen molar-refractivity contribution in [1.29, 1.82) is 0 Å². The number of rotatable bonds is 6. The van der Waals surface area contributed by atoms with Crippen LogP contribution < -0.4 is 0 Å². The number of benzene rings is 1. The van der Waals surface area contributed by atoms with Crippen LogP contribution in [0.15, 0.2) is 56.7 Å². The summed E-state index contributed by atoms with van der Waals surface area (Å²) in [4.78, 5) is 12.8. The lowest BCUT2D eigenvalue weighted by Gasteiger charge is -2.09. The number of thioether (sulfide) groups is 1. The highest BCUT2D eigenvalue weighted by Gasteiger charge is 2.19. The summed E-state index contributed by atoms with van der Waals surface area (Å²) in [5.74, 6) is 0.810. The molecule has 0 saturated carbocycles. The van der Waals surface area contributed by atoms with E-state index in [1.807, 2.05) is 37.5 Å².